The van der Waals surface area contributed by atoms with E-state index in [1.165, 1.54) is 23.4 Å². The van der Waals surface area contributed by atoms with Crippen molar-refractivity contribution in [1.82, 2.24) is 29.8 Å². The second-order valence-corrected chi connectivity index (χ2v) is 5.91. The van der Waals surface area contributed by atoms with Crippen LogP contribution in [0.25, 0.3) is 5.95 Å². The van der Waals surface area contributed by atoms with Crippen LogP contribution in [-0.4, -0.2) is 48.1 Å². The van der Waals surface area contributed by atoms with Crippen LogP contribution in [-0.2, 0) is 16.0 Å². The minimum atomic E-state index is -1.12. The van der Waals surface area contributed by atoms with Crippen molar-refractivity contribution in [3.05, 3.63) is 66.3 Å². The van der Waals surface area contributed by atoms with Gasteiger partial charge in [0.15, 0.2) is 0 Å². The van der Waals surface area contributed by atoms with Gasteiger partial charge in [-0.1, -0.05) is 30.3 Å². The number of amides is 2. The Labute approximate surface area is 159 Å². The highest BCUT2D eigenvalue weighted by molar-refractivity contribution is 6.38. The summed E-state index contributed by atoms with van der Waals surface area (Å²) < 4.78 is 1.42. The molecular weight excluding hydrogens is 362 g/mol. The van der Waals surface area contributed by atoms with Crippen molar-refractivity contribution in [1.29, 1.82) is 0 Å². The zero-order valence-electron chi connectivity index (χ0n) is 14.9. The Morgan fingerprint density at radius 1 is 1.11 bits per heavy atom. The van der Waals surface area contributed by atoms with Crippen LogP contribution < -0.4 is 11.1 Å². The Morgan fingerprint density at radius 2 is 1.79 bits per heavy atom. The molecule has 2 amide bonds. The quantitative estimate of drug-likeness (QED) is 0.539. The number of carbonyl (C=O) groups excluding carboxylic acids is 3. The van der Waals surface area contributed by atoms with Crippen molar-refractivity contribution in [2.24, 2.45) is 5.73 Å². The fourth-order valence-electron chi connectivity index (χ4n) is 2.67. The molecule has 1 unspecified atom stereocenters. The fourth-order valence-corrected chi connectivity index (χ4v) is 2.67. The summed E-state index contributed by atoms with van der Waals surface area (Å²) in [5.74, 6) is -1.95. The van der Waals surface area contributed by atoms with Gasteiger partial charge in [-0.15, -0.1) is 0 Å². The monoisotopic (exact) mass is 379 g/mol. The average Bonchev–Trinajstić information content (AvgIpc) is 3.09. The molecule has 142 valence electrons. The van der Waals surface area contributed by atoms with Gasteiger partial charge in [-0.25, -0.2) is 19.9 Å². The van der Waals surface area contributed by atoms with Crippen LogP contribution in [0.3, 0.4) is 0 Å². The lowest BCUT2D eigenvalue weighted by Gasteiger charge is -2.17. The Morgan fingerprint density at radius 3 is 2.43 bits per heavy atom. The number of Topliss-reactive ketones (excluding diaryl/α,β-unsaturated/α-hetero) is 1. The maximum Gasteiger partial charge on any atom is 0.287 e. The molecule has 0 saturated carbocycles. The zero-order chi connectivity index (χ0) is 20.1. The Bertz CT molecular complexity index is 1000. The lowest BCUT2D eigenvalue weighted by Crippen LogP contribution is -2.47. The summed E-state index contributed by atoms with van der Waals surface area (Å²) in [6, 6.07) is 7.86. The van der Waals surface area contributed by atoms with Gasteiger partial charge in [0.05, 0.1) is 6.20 Å². The van der Waals surface area contributed by atoms with E-state index in [0.29, 0.717) is 5.82 Å². The second kappa shape index (κ2) is 8.16. The van der Waals surface area contributed by atoms with Crippen molar-refractivity contribution in [3.63, 3.8) is 0 Å². The number of nitrogens with zero attached hydrogens (tertiary/aromatic N) is 5. The molecule has 2 heterocycles. The molecule has 0 saturated heterocycles. The summed E-state index contributed by atoms with van der Waals surface area (Å²) in [5, 5.41) is 2.57. The Hall–Kier alpha value is -3.95. The first-order valence-electron chi connectivity index (χ1n) is 8.32. The lowest BCUT2D eigenvalue weighted by molar-refractivity contribution is -0.137. The number of rotatable bonds is 7. The minimum Gasteiger partial charge on any atom is -0.363 e. The number of ketones is 1. The molecule has 3 rings (SSSR count). The zero-order valence-corrected chi connectivity index (χ0v) is 14.9. The molecule has 10 nitrogen and oxygen atoms in total. The number of nitrogens with one attached hydrogen (secondary N) is 1. The van der Waals surface area contributed by atoms with Gasteiger partial charge in [0.25, 0.3) is 11.8 Å². The molecule has 0 bridgehead atoms. The Kier molecular flexibility index (Phi) is 5.49. The van der Waals surface area contributed by atoms with E-state index >= 15 is 0 Å². The summed E-state index contributed by atoms with van der Waals surface area (Å²) in [4.78, 5) is 52.4. The summed E-state index contributed by atoms with van der Waals surface area (Å²) in [6.07, 6.45) is 4.03. The highest BCUT2D eigenvalue weighted by Gasteiger charge is 2.27. The molecule has 3 aromatic rings. The molecule has 0 fully saturated rings. The smallest absolute Gasteiger partial charge is 0.287 e. The molecule has 28 heavy (non-hydrogen) atoms. The highest BCUT2D eigenvalue weighted by atomic mass is 16.2. The third-order valence-electron chi connectivity index (χ3n) is 4.00. The Balaban J connectivity index is 1.89. The third kappa shape index (κ3) is 4.06. The molecule has 2 aromatic heterocycles. The van der Waals surface area contributed by atoms with Crippen molar-refractivity contribution in [2.45, 2.75) is 19.4 Å². The largest absolute Gasteiger partial charge is 0.363 e. The van der Waals surface area contributed by atoms with Crippen LogP contribution in [0, 0.1) is 6.92 Å². The number of nitrogens with two attached hydrogens (primary N) is 1. The predicted molar refractivity (Wildman–Crippen MR) is 97.3 cm³/mol. The molecule has 1 atom stereocenters. The number of imidazole rings is 1. The van der Waals surface area contributed by atoms with E-state index < -0.39 is 23.6 Å². The molecule has 0 aliphatic heterocycles. The van der Waals surface area contributed by atoms with Crippen molar-refractivity contribution in [3.8, 4) is 5.95 Å². The van der Waals surface area contributed by atoms with Crippen LogP contribution in [0.2, 0.25) is 0 Å². The molecule has 0 aliphatic rings. The second-order valence-electron chi connectivity index (χ2n) is 5.91. The van der Waals surface area contributed by atoms with Gasteiger partial charge in [0, 0.05) is 6.42 Å². The number of hydrogen-bond donors (Lipinski definition) is 2. The van der Waals surface area contributed by atoms with Crippen LogP contribution in [0.1, 0.15) is 21.9 Å². The number of primary amides is 1. The van der Waals surface area contributed by atoms with Gasteiger partial charge in [-0.2, -0.15) is 0 Å². The molecular formula is C18H17N7O3. The normalized spacial score (nSPS) is 11.6. The van der Waals surface area contributed by atoms with Gasteiger partial charge in [-0.05, 0) is 12.5 Å². The summed E-state index contributed by atoms with van der Waals surface area (Å²) in [5.41, 5.74) is 6.02. The molecule has 0 aliphatic carbocycles. The summed E-state index contributed by atoms with van der Waals surface area (Å²) in [6.45, 7) is 1.68. The maximum absolute atomic E-state index is 12.8. The average molecular weight is 379 g/mol. The van der Waals surface area contributed by atoms with E-state index in [1.54, 1.807) is 31.2 Å². The number of carbonyl (C=O) groups is 3. The van der Waals surface area contributed by atoms with E-state index in [2.05, 4.69) is 25.3 Å². The minimum absolute atomic E-state index is 0.110. The van der Waals surface area contributed by atoms with Crippen LogP contribution >= 0.6 is 0 Å². The van der Waals surface area contributed by atoms with Crippen molar-refractivity contribution in [2.75, 3.05) is 0 Å². The van der Waals surface area contributed by atoms with E-state index in [0.717, 1.165) is 5.56 Å². The summed E-state index contributed by atoms with van der Waals surface area (Å²) >= 11 is 0. The van der Waals surface area contributed by atoms with E-state index in [4.69, 9.17) is 5.73 Å². The van der Waals surface area contributed by atoms with E-state index in [9.17, 15) is 14.4 Å². The molecule has 10 heteroatoms. The molecule has 0 spiro atoms. The van der Waals surface area contributed by atoms with Crippen LogP contribution in [0.5, 0.6) is 0 Å². The number of benzene rings is 1. The van der Waals surface area contributed by atoms with Gasteiger partial charge in [0.1, 0.15) is 30.2 Å². The fraction of sp³-hybridized carbons (Fsp3) is 0.167. The number of aromatic nitrogens is 5. The SMILES string of the molecule is Cc1ncc(C(=O)NC(Cc2ccccc2)C(=O)C(N)=O)n1-c1ncncn1. The third-order valence-corrected chi connectivity index (χ3v) is 4.00. The van der Waals surface area contributed by atoms with Gasteiger partial charge in [-0.3, -0.25) is 19.0 Å². The van der Waals surface area contributed by atoms with Crippen LogP contribution in [0.15, 0.2) is 49.2 Å². The number of hydrogen-bond acceptors (Lipinski definition) is 7. The van der Waals surface area contributed by atoms with Gasteiger partial charge >= 0.3 is 0 Å². The first kappa shape index (κ1) is 18.8. The summed E-state index contributed by atoms with van der Waals surface area (Å²) in [7, 11) is 0. The highest BCUT2D eigenvalue weighted by Crippen LogP contribution is 2.11. The lowest BCUT2D eigenvalue weighted by atomic mass is 10.0. The first-order chi connectivity index (χ1) is 13.5. The standard InChI is InChI=1S/C18H17N7O3/c1-11-21-8-14(25(11)18-22-9-20-10-23-18)17(28)24-13(15(26)16(19)27)7-12-5-3-2-4-6-12/h2-6,8-10,13H,7H2,1H3,(H2,19,27)(H,24,28). The van der Waals surface area contributed by atoms with Crippen molar-refractivity contribution >= 4 is 17.6 Å². The predicted octanol–water partition coefficient (Wildman–Crippen LogP) is -0.239. The van der Waals surface area contributed by atoms with Gasteiger partial charge in [0.2, 0.25) is 11.7 Å². The van der Waals surface area contributed by atoms with E-state index in [1.807, 2.05) is 6.07 Å². The molecule has 0 radical (unpaired) electrons. The van der Waals surface area contributed by atoms with Gasteiger partial charge < -0.3 is 11.1 Å². The topological polar surface area (TPSA) is 146 Å². The van der Waals surface area contributed by atoms with E-state index in [-0.39, 0.29) is 18.1 Å². The number of aryl methyl sites for hydroxylation is 1. The van der Waals surface area contributed by atoms with Crippen LogP contribution in [0.4, 0.5) is 0 Å². The maximum atomic E-state index is 12.8. The first-order valence-corrected chi connectivity index (χ1v) is 8.32. The van der Waals surface area contributed by atoms with Crippen molar-refractivity contribution < 1.29 is 14.4 Å². The molecule has 1 aromatic carbocycles. The molecule has 3 N–H and O–H groups in total.